The molecule has 0 spiro atoms. The normalized spacial score (nSPS) is 11.6. The maximum atomic E-state index is 2.44. The Morgan fingerprint density at radius 2 is 0.500 bits per heavy atom. The molecule has 0 nitrogen and oxygen atoms in total. The lowest BCUT2D eigenvalue weighted by atomic mass is 9.83. The van der Waals surface area contributed by atoms with E-state index in [0.717, 1.165) is 0 Å². The maximum absolute atomic E-state index is 2.44. The first-order valence-corrected chi connectivity index (χ1v) is 19.4. The van der Waals surface area contributed by atoms with Gasteiger partial charge in [-0.15, -0.1) is 0 Å². The van der Waals surface area contributed by atoms with E-state index in [4.69, 9.17) is 0 Å². The second kappa shape index (κ2) is 13.2. The highest BCUT2D eigenvalue weighted by Crippen LogP contribution is 2.47. The van der Waals surface area contributed by atoms with Gasteiger partial charge >= 0.3 is 0 Å². The quantitative estimate of drug-likeness (QED) is 0.156. The maximum Gasteiger partial charge on any atom is -0.00259 e. The first kappa shape index (κ1) is 32.2. The van der Waals surface area contributed by atoms with Crippen LogP contribution in [0.15, 0.2) is 218 Å². The van der Waals surface area contributed by atoms with Crippen molar-refractivity contribution in [2.45, 2.75) is 0 Å². The summed E-state index contributed by atoms with van der Waals surface area (Å²) in [4.78, 5) is 0. The third kappa shape index (κ3) is 5.54. The Morgan fingerprint density at radius 3 is 1.04 bits per heavy atom. The van der Waals surface area contributed by atoms with Gasteiger partial charge in [0.05, 0.1) is 0 Å². The number of hydrogen-bond donors (Lipinski definition) is 0. The van der Waals surface area contributed by atoms with Crippen molar-refractivity contribution in [3.05, 3.63) is 218 Å². The number of rotatable bonds is 5. The predicted octanol–water partition coefficient (Wildman–Crippen LogP) is 15.8. The molecular formula is C56H36. The molecule has 0 aliphatic rings. The monoisotopic (exact) mass is 708 g/mol. The zero-order valence-corrected chi connectivity index (χ0v) is 30.8. The van der Waals surface area contributed by atoms with Crippen LogP contribution in [-0.4, -0.2) is 0 Å². The zero-order chi connectivity index (χ0) is 37.0. The van der Waals surface area contributed by atoms with Crippen molar-refractivity contribution in [3.8, 4) is 55.6 Å². The SMILES string of the molecule is c1ccc(-c2ccc3c(-c4cccc(-c5ccc6ccccc6c5)c4)c4cc(-c5ccc6ccccc6c5)ccc4c(-c4ccc5ccccc5c4)c3c2)cc1. The van der Waals surface area contributed by atoms with Gasteiger partial charge in [0.1, 0.15) is 0 Å². The molecule has 11 aromatic carbocycles. The molecule has 0 atom stereocenters. The van der Waals surface area contributed by atoms with Crippen molar-refractivity contribution in [1.29, 1.82) is 0 Å². The molecule has 0 saturated heterocycles. The van der Waals surface area contributed by atoms with Gasteiger partial charge in [-0.2, -0.15) is 0 Å². The van der Waals surface area contributed by atoms with E-state index < -0.39 is 0 Å². The van der Waals surface area contributed by atoms with Gasteiger partial charge < -0.3 is 0 Å². The molecule has 0 N–H and O–H groups in total. The van der Waals surface area contributed by atoms with E-state index in [1.54, 1.807) is 0 Å². The molecule has 0 aliphatic heterocycles. The molecule has 0 radical (unpaired) electrons. The van der Waals surface area contributed by atoms with E-state index >= 15 is 0 Å². The van der Waals surface area contributed by atoms with E-state index in [9.17, 15) is 0 Å². The summed E-state index contributed by atoms with van der Waals surface area (Å²) in [5, 5.41) is 12.5. The lowest BCUT2D eigenvalue weighted by molar-refractivity contribution is 1.61. The molecule has 0 fully saturated rings. The van der Waals surface area contributed by atoms with Gasteiger partial charge in [-0.25, -0.2) is 0 Å². The van der Waals surface area contributed by atoms with Gasteiger partial charge in [-0.1, -0.05) is 182 Å². The van der Waals surface area contributed by atoms with Crippen LogP contribution < -0.4 is 0 Å². The smallest absolute Gasteiger partial charge is 0.00259 e. The van der Waals surface area contributed by atoms with Gasteiger partial charge in [-0.05, 0) is 146 Å². The fourth-order valence-corrected chi connectivity index (χ4v) is 8.78. The highest BCUT2D eigenvalue weighted by Gasteiger charge is 2.19. The molecule has 260 valence electrons. The van der Waals surface area contributed by atoms with Crippen LogP contribution in [0.2, 0.25) is 0 Å². The van der Waals surface area contributed by atoms with Gasteiger partial charge in [0.25, 0.3) is 0 Å². The Bertz CT molecular complexity index is 3300. The van der Waals surface area contributed by atoms with Crippen LogP contribution in [0.25, 0.3) is 109 Å². The lowest BCUT2D eigenvalue weighted by Crippen LogP contribution is -1.93. The Kier molecular flexibility index (Phi) is 7.60. The Morgan fingerprint density at radius 1 is 0.161 bits per heavy atom. The summed E-state index contributed by atoms with van der Waals surface area (Å²) in [5.74, 6) is 0. The molecule has 11 aromatic rings. The molecule has 0 amide bonds. The van der Waals surface area contributed by atoms with Crippen LogP contribution in [0.4, 0.5) is 0 Å². The predicted molar refractivity (Wildman–Crippen MR) is 241 cm³/mol. The summed E-state index contributed by atoms with van der Waals surface area (Å²) in [7, 11) is 0. The summed E-state index contributed by atoms with van der Waals surface area (Å²) in [5.41, 5.74) is 12.2. The number of benzene rings is 11. The molecule has 11 rings (SSSR count). The second-order valence-electron chi connectivity index (χ2n) is 14.9. The third-order valence-corrected chi connectivity index (χ3v) is 11.6. The van der Waals surface area contributed by atoms with Crippen LogP contribution >= 0.6 is 0 Å². The molecule has 0 saturated carbocycles. The van der Waals surface area contributed by atoms with E-state index in [1.165, 1.54) is 109 Å². The van der Waals surface area contributed by atoms with Crippen LogP contribution in [0.1, 0.15) is 0 Å². The zero-order valence-electron chi connectivity index (χ0n) is 30.8. The van der Waals surface area contributed by atoms with Crippen molar-refractivity contribution in [3.63, 3.8) is 0 Å². The van der Waals surface area contributed by atoms with Crippen molar-refractivity contribution in [1.82, 2.24) is 0 Å². The molecule has 0 unspecified atom stereocenters. The summed E-state index contributed by atoms with van der Waals surface area (Å²) in [6.07, 6.45) is 0. The van der Waals surface area contributed by atoms with Gasteiger partial charge in [0, 0.05) is 0 Å². The highest BCUT2D eigenvalue weighted by atomic mass is 14.2. The Labute approximate surface area is 326 Å². The minimum Gasteiger partial charge on any atom is -0.0622 e. The average molecular weight is 709 g/mol. The van der Waals surface area contributed by atoms with E-state index in [1.807, 2.05) is 0 Å². The minimum atomic E-state index is 1.21. The molecule has 0 bridgehead atoms. The van der Waals surface area contributed by atoms with Crippen molar-refractivity contribution in [2.24, 2.45) is 0 Å². The summed E-state index contributed by atoms with van der Waals surface area (Å²) >= 11 is 0. The summed E-state index contributed by atoms with van der Waals surface area (Å²) in [6.45, 7) is 0. The van der Waals surface area contributed by atoms with Gasteiger partial charge in [0.2, 0.25) is 0 Å². The van der Waals surface area contributed by atoms with Crippen LogP contribution in [0.3, 0.4) is 0 Å². The Balaban J connectivity index is 1.23. The second-order valence-corrected chi connectivity index (χ2v) is 14.9. The third-order valence-electron chi connectivity index (χ3n) is 11.6. The Hall–Kier alpha value is -7.28. The van der Waals surface area contributed by atoms with Crippen molar-refractivity contribution >= 4 is 53.9 Å². The summed E-state index contributed by atoms with van der Waals surface area (Å²) < 4.78 is 0. The fourth-order valence-electron chi connectivity index (χ4n) is 8.78. The minimum absolute atomic E-state index is 1.21. The van der Waals surface area contributed by atoms with Crippen LogP contribution in [-0.2, 0) is 0 Å². The highest BCUT2D eigenvalue weighted by molar-refractivity contribution is 6.23. The largest absolute Gasteiger partial charge is 0.0622 e. The lowest BCUT2D eigenvalue weighted by Gasteiger charge is -2.20. The molecule has 0 heteroatoms. The van der Waals surface area contributed by atoms with Gasteiger partial charge in [-0.3, -0.25) is 0 Å². The van der Waals surface area contributed by atoms with E-state index in [-0.39, 0.29) is 0 Å². The van der Waals surface area contributed by atoms with Crippen LogP contribution in [0.5, 0.6) is 0 Å². The average Bonchev–Trinajstić information content (AvgIpc) is 3.27. The first-order valence-electron chi connectivity index (χ1n) is 19.4. The molecule has 0 aromatic heterocycles. The van der Waals surface area contributed by atoms with E-state index in [0.29, 0.717) is 0 Å². The topological polar surface area (TPSA) is 0 Å². The van der Waals surface area contributed by atoms with E-state index in [2.05, 4.69) is 218 Å². The number of fused-ring (bicyclic) bond motifs is 5. The van der Waals surface area contributed by atoms with Crippen LogP contribution in [0, 0.1) is 0 Å². The van der Waals surface area contributed by atoms with Crippen molar-refractivity contribution < 1.29 is 0 Å². The molecule has 0 aliphatic carbocycles. The number of hydrogen-bond acceptors (Lipinski definition) is 0. The molecular weight excluding hydrogens is 673 g/mol. The first-order chi connectivity index (χ1) is 27.7. The van der Waals surface area contributed by atoms with Gasteiger partial charge in [0.15, 0.2) is 0 Å². The molecule has 56 heavy (non-hydrogen) atoms. The summed E-state index contributed by atoms with van der Waals surface area (Å²) in [6, 6.07) is 80.6. The standard InChI is InChI=1S/C56H36/c1-2-11-37(12-3-1)47-27-29-51-53(35-47)56(50-26-23-40-15-6-9-18-43(40)33-50)52-30-28-48(46-25-22-39-14-5-8-17-42(39)32-46)36-54(52)55(51)49-20-10-19-44(34-49)45-24-21-38-13-4-7-16-41(38)31-45/h1-36H. The molecule has 0 heterocycles. The fraction of sp³-hybridized carbons (Fsp3) is 0. The van der Waals surface area contributed by atoms with Crippen molar-refractivity contribution in [2.75, 3.05) is 0 Å².